The number of nitrogens with two attached hydrogens (primary N) is 1. The normalized spacial score (nSPS) is 25.5. The van der Waals surface area contributed by atoms with Crippen LogP contribution in [-0.2, 0) is 4.74 Å². The van der Waals surface area contributed by atoms with Crippen molar-refractivity contribution in [2.75, 3.05) is 6.61 Å². The lowest BCUT2D eigenvalue weighted by atomic mass is 9.91. The van der Waals surface area contributed by atoms with Gasteiger partial charge in [-0.1, -0.05) is 25.7 Å². The smallest absolute Gasteiger partial charge is 0.111 e. The average molecular weight is 210 g/mol. The molecule has 3 heteroatoms. The summed E-state index contributed by atoms with van der Waals surface area (Å²) in [4.78, 5) is 0. The molecule has 0 spiro atoms. The van der Waals surface area contributed by atoms with Crippen LogP contribution in [0.15, 0.2) is 11.8 Å². The number of hydrogen-bond acceptors (Lipinski definition) is 3. The Bertz CT molecular complexity index is 220. The van der Waals surface area contributed by atoms with E-state index >= 15 is 0 Å². The third kappa shape index (κ3) is 2.73. The molecule has 0 aromatic carbocycles. The van der Waals surface area contributed by atoms with Crippen LogP contribution in [0.1, 0.15) is 44.9 Å². The summed E-state index contributed by atoms with van der Waals surface area (Å²) in [5.41, 5.74) is 2.95. The van der Waals surface area contributed by atoms with Gasteiger partial charge >= 0.3 is 0 Å². The minimum Gasteiger partial charge on any atom is -0.496 e. The van der Waals surface area contributed by atoms with Crippen molar-refractivity contribution >= 4 is 0 Å². The van der Waals surface area contributed by atoms with Gasteiger partial charge in [0.15, 0.2) is 0 Å². The van der Waals surface area contributed by atoms with Gasteiger partial charge in [0.2, 0.25) is 0 Å². The summed E-state index contributed by atoms with van der Waals surface area (Å²) in [6.07, 6.45) is 11.3. The van der Waals surface area contributed by atoms with Gasteiger partial charge in [-0.2, -0.15) is 0 Å². The van der Waals surface area contributed by atoms with Crippen molar-refractivity contribution in [3.8, 4) is 0 Å². The molecule has 2 rings (SSSR count). The number of hydrazine groups is 1. The van der Waals surface area contributed by atoms with Crippen molar-refractivity contribution in [2.24, 2.45) is 11.8 Å². The molecule has 2 aliphatic rings. The molecule has 1 unspecified atom stereocenters. The van der Waals surface area contributed by atoms with E-state index in [0.717, 1.165) is 18.8 Å². The van der Waals surface area contributed by atoms with Crippen molar-refractivity contribution in [1.29, 1.82) is 0 Å². The molecule has 0 aromatic heterocycles. The molecule has 1 aliphatic carbocycles. The van der Waals surface area contributed by atoms with E-state index in [-0.39, 0.29) is 6.04 Å². The lowest BCUT2D eigenvalue weighted by molar-refractivity contribution is 0.186. The van der Waals surface area contributed by atoms with Gasteiger partial charge in [-0.15, -0.1) is 0 Å². The van der Waals surface area contributed by atoms with Crippen LogP contribution in [0.2, 0.25) is 0 Å². The van der Waals surface area contributed by atoms with Gasteiger partial charge in [0, 0.05) is 6.42 Å². The summed E-state index contributed by atoms with van der Waals surface area (Å²) < 4.78 is 5.62. The predicted octanol–water partition coefficient (Wildman–Crippen LogP) is 2.09. The van der Waals surface area contributed by atoms with Crippen molar-refractivity contribution in [2.45, 2.75) is 51.0 Å². The third-order valence-electron chi connectivity index (χ3n) is 3.59. The van der Waals surface area contributed by atoms with Gasteiger partial charge < -0.3 is 4.74 Å². The van der Waals surface area contributed by atoms with Crippen LogP contribution in [0.3, 0.4) is 0 Å². The van der Waals surface area contributed by atoms with E-state index < -0.39 is 0 Å². The zero-order valence-corrected chi connectivity index (χ0v) is 9.37. The fourth-order valence-corrected chi connectivity index (χ4v) is 2.75. The van der Waals surface area contributed by atoms with Crippen LogP contribution in [0.5, 0.6) is 0 Å². The molecule has 86 valence electrons. The molecule has 1 fully saturated rings. The minimum atomic E-state index is 0.255. The second-order valence-electron chi connectivity index (χ2n) is 4.64. The van der Waals surface area contributed by atoms with Gasteiger partial charge in [0.1, 0.15) is 5.76 Å². The summed E-state index contributed by atoms with van der Waals surface area (Å²) in [6.45, 7) is 0.834. The first-order valence-electron chi connectivity index (χ1n) is 6.21. The molecule has 0 radical (unpaired) electrons. The monoisotopic (exact) mass is 210 g/mol. The molecular weight excluding hydrogens is 188 g/mol. The first-order valence-corrected chi connectivity index (χ1v) is 6.21. The van der Waals surface area contributed by atoms with Gasteiger partial charge in [0.05, 0.1) is 12.6 Å². The first-order chi connectivity index (χ1) is 7.42. The zero-order valence-electron chi connectivity index (χ0n) is 9.37. The van der Waals surface area contributed by atoms with E-state index in [2.05, 4.69) is 11.5 Å². The van der Waals surface area contributed by atoms with Crippen LogP contribution in [0.4, 0.5) is 0 Å². The standard InChI is InChI=1S/C12H22N2O/c13-14-12(11-8-5-9-15-11)10-6-3-1-2-4-7-10/h8,10,12,14H,1-7,9,13H2. The van der Waals surface area contributed by atoms with Crippen molar-refractivity contribution < 1.29 is 4.74 Å². The van der Waals surface area contributed by atoms with E-state index in [4.69, 9.17) is 10.6 Å². The van der Waals surface area contributed by atoms with Gasteiger partial charge in [-0.3, -0.25) is 5.84 Å². The predicted molar refractivity (Wildman–Crippen MR) is 61.0 cm³/mol. The maximum absolute atomic E-state index is 5.66. The topological polar surface area (TPSA) is 47.3 Å². The Morgan fingerprint density at radius 2 is 2.00 bits per heavy atom. The highest BCUT2D eigenvalue weighted by atomic mass is 16.5. The molecule has 0 saturated heterocycles. The van der Waals surface area contributed by atoms with E-state index in [0.29, 0.717) is 5.92 Å². The van der Waals surface area contributed by atoms with E-state index in [9.17, 15) is 0 Å². The van der Waals surface area contributed by atoms with E-state index in [1.54, 1.807) is 0 Å². The van der Waals surface area contributed by atoms with Crippen molar-refractivity contribution in [3.05, 3.63) is 11.8 Å². The zero-order chi connectivity index (χ0) is 10.5. The molecule has 0 bridgehead atoms. The SMILES string of the molecule is NNC(C1=CCCO1)C1CCCCCC1. The van der Waals surface area contributed by atoms with Crippen LogP contribution in [-0.4, -0.2) is 12.6 Å². The summed E-state index contributed by atoms with van der Waals surface area (Å²) in [6, 6.07) is 0.255. The summed E-state index contributed by atoms with van der Waals surface area (Å²) in [5.74, 6) is 7.42. The highest BCUT2D eigenvalue weighted by molar-refractivity contribution is 5.08. The minimum absolute atomic E-state index is 0.255. The summed E-state index contributed by atoms with van der Waals surface area (Å²) >= 11 is 0. The molecule has 0 amide bonds. The number of rotatable bonds is 3. The number of nitrogens with one attached hydrogen (secondary N) is 1. The fraction of sp³-hybridized carbons (Fsp3) is 0.833. The largest absolute Gasteiger partial charge is 0.496 e. The second-order valence-corrected chi connectivity index (χ2v) is 4.64. The molecule has 15 heavy (non-hydrogen) atoms. The Morgan fingerprint density at radius 3 is 2.53 bits per heavy atom. The Kier molecular flexibility index (Phi) is 4.03. The average Bonchev–Trinajstić information content (AvgIpc) is 2.63. The van der Waals surface area contributed by atoms with E-state index in [1.807, 2.05) is 0 Å². The molecule has 1 atom stereocenters. The molecule has 0 aromatic rings. The maximum atomic E-state index is 5.66. The lowest BCUT2D eigenvalue weighted by Crippen LogP contribution is -2.42. The number of ether oxygens (including phenoxy) is 1. The molecule has 1 saturated carbocycles. The van der Waals surface area contributed by atoms with Gasteiger partial charge in [-0.25, -0.2) is 5.43 Å². The fourth-order valence-electron chi connectivity index (χ4n) is 2.75. The third-order valence-corrected chi connectivity index (χ3v) is 3.59. The van der Waals surface area contributed by atoms with Crippen LogP contribution in [0.25, 0.3) is 0 Å². The maximum Gasteiger partial charge on any atom is 0.111 e. The van der Waals surface area contributed by atoms with Crippen LogP contribution in [0, 0.1) is 5.92 Å². The molecule has 3 N–H and O–H groups in total. The Labute approximate surface area is 92.0 Å². The molecule has 1 aliphatic heterocycles. The van der Waals surface area contributed by atoms with Crippen molar-refractivity contribution in [1.82, 2.24) is 5.43 Å². The Balaban J connectivity index is 1.97. The molecular formula is C12H22N2O. The summed E-state index contributed by atoms with van der Waals surface area (Å²) in [5, 5.41) is 0. The quantitative estimate of drug-likeness (QED) is 0.426. The molecule has 1 heterocycles. The highest BCUT2D eigenvalue weighted by Gasteiger charge is 2.27. The van der Waals surface area contributed by atoms with Gasteiger partial charge in [-0.05, 0) is 24.8 Å². The van der Waals surface area contributed by atoms with Gasteiger partial charge in [0.25, 0.3) is 0 Å². The Morgan fingerprint density at radius 1 is 1.27 bits per heavy atom. The second kappa shape index (κ2) is 5.52. The van der Waals surface area contributed by atoms with Crippen LogP contribution >= 0.6 is 0 Å². The molecule has 3 nitrogen and oxygen atoms in total. The van der Waals surface area contributed by atoms with Crippen LogP contribution < -0.4 is 11.3 Å². The van der Waals surface area contributed by atoms with Crippen molar-refractivity contribution in [3.63, 3.8) is 0 Å². The summed E-state index contributed by atoms with van der Waals surface area (Å²) in [7, 11) is 0. The number of hydrogen-bond donors (Lipinski definition) is 2. The van der Waals surface area contributed by atoms with E-state index in [1.165, 1.54) is 38.5 Å². The first kappa shape index (κ1) is 11.0. The highest BCUT2D eigenvalue weighted by Crippen LogP contribution is 2.29. The lowest BCUT2D eigenvalue weighted by Gasteiger charge is -2.26. The Hall–Kier alpha value is -0.540.